The third kappa shape index (κ3) is 4.71. The molecule has 3 rings (SSSR count). The van der Waals surface area contributed by atoms with Gasteiger partial charge in [0, 0.05) is 32.2 Å². The lowest BCUT2D eigenvalue weighted by molar-refractivity contribution is 0.184. The molecule has 0 spiro atoms. The Morgan fingerprint density at radius 2 is 1.91 bits per heavy atom. The molecule has 1 aromatic carbocycles. The molecule has 0 bridgehead atoms. The van der Waals surface area contributed by atoms with Gasteiger partial charge in [-0.2, -0.15) is 0 Å². The Kier molecular flexibility index (Phi) is 5.92. The largest absolute Gasteiger partial charge is 0.356 e. The van der Waals surface area contributed by atoms with E-state index < -0.39 is 0 Å². The molecule has 4 nitrogen and oxygen atoms in total. The van der Waals surface area contributed by atoms with Crippen LogP contribution in [-0.2, 0) is 13.1 Å². The molecule has 0 amide bonds. The molecule has 0 radical (unpaired) electrons. The van der Waals surface area contributed by atoms with Gasteiger partial charge in [0.15, 0.2) is 5.96 Å². The molecule has 2 aliphatic rings. The van der Waals surface area contributed by atoms with Gasteiger partial charge in [-0.25, -0.2) is 0 Å². The average Bonchev–Trinajstić information content (AvgIpc) is 2.62. The minimum atomic E-state index is 0.758. The zero-order chi connectivity index (χ0) is 15.9. The molecule has 1 saturated carbocycles. The zero-order valence-corrected chi connectivity index (χ0v) is 14.4. The fourth-order valence-corrected chi connectivity index (χ4v) is 3.63. The van der Waals surface area contributed by atoms with Crippen LogP contribution in [-0.4, -0.2) is 37.0 Å². The number of hydrogen-bond acceptors (Lipinski definition) is 4. The van der Waals surface area contributed by atoms with Crippen LogP contribution in [0.4, 0.5) is 0 Å². The Morgan fingerprint density at radius 3 is 2.65 bits per heavy atom. The van der Waals surface area contributed by atoms with Gasteiger partial charge in [-0.15, -0.1) is 0 Å². The van der Waals surface area contributed by atoms with Crippen molar-refractivity contribution in [3.05, 3.63) is 35.4 Å². The second-order valence-corrected chi connectivity index (χ2v) is 6.84. The molecule has 4 heteroatoms. The fourth-order valence-electron chi connectivity index (χ4n) is 3.63. The Balaban J connectivity index is 1.59. The van der Waals surface area contributed by atoms with Crippen molar-refractivity contribution in [1.29, 1.82) is 0 Å². The standard InChI is InChI=1S/C19H30N4/c1-23(18-10-3-2-4-11-18)15-17-9-6-5-8-16(17)14-22-19-20-12-7-13-21-19/h5-6,8-9,18H,2-4,7,10-15H2,1H3,(H2,20,21,22). The van der Waals surface area contributed by atoms with Gasteiger partial charge in [-0.05, 0) is 37.4 Å². The summed E-state index contributed by atoms with van der Waals surface area (Å²) in [7, 11) is 2.28. The molecule has 0 saturated heterocycles. The van der Waals surface area contributed by atoms with Crippen LogP contribution in [0.1, 0.15) is 49.7 Å². The summed E-state index contributed by atoms with van der Waals surface area (Å²) in [6.07, 6.45) is 8.05. The Labute approximate surface area is 140 Å². The van der Waals surface area contributed by atoms with Crippen molar-refractivity contribution < 1.29 is 0 Å². The van der Waals surface area contributed by atoms with E-state index in [1.54, 1.807) is 0 Å². The normalized spacial score (nSPS) is 19.3. The third-order valence-electron chi connectivity index (χ3n) is 5.08. The molecule has 1 aromatic rings. The summed E-state index contributed by atoms with van der Waals surface area (Å²) < 4.78 is 0. The van der Waals surface area contributed by atoms with Crippen LogP contribution in [0.15, 0.2) is 29.3 Å². The lowest BCUT2D eigenvalue weighted by atomic mass is 9.94. The first-order chi connectivity index (χ1) is 11.3. The van der Waals surface area contributed by atoms with Crippen molar-refractivity contribution in [2.75, 3.05) is 20.1 Å². The second-order valence-electron chi connectivity index (χ2n) is 6.84. The van der Waals surface area contributed by atoms with Crippen molar-refractivity contribution in [3.63, 3.8) is 0 Å². The van der Waals surface area contributed by atoms with Gasteiger partial charge in [0.25, 0.3) is 0 Å². The molecule has 0 aromatic heterocycles. The molecule has 1 aliphatic heterocycles. The minimum absolute atomic E-state index is 0.758. The van der Waals surface area contributed by atoms with Crippen LogP contribution >= 0.6 is 0 Å². The second kappa shape index (κ2) is 8.34. The maximum absolute atomic E-state index is 4.49. The number of nitrogens with one attached hydrogen (secondary N) is 2. The van der Waals surface area contributed by atoms with Crippen molar-refractivity contribution in [2.45, 2.75) is 57.7 Å². The summed E-state index contributed by atoms with van der Waals surface area (Å²) in [6.45, 7) is 3.85. The van der Waals surface area contributed by atoms with E-state index in [9.17, 15) is 0 Å². The van der Waals surface area contributed by atoms with E-state index in [0.717, 1.165) is 44.6 Å². The third-order valence-corrected chi connectivity index (χ3v) is 5.08. The van der Waals surface area contributed by atoms with Crippen LogP contribution in [0.5, 0.6) is 0 Å². The van der Waals surface area contributed by atoms with E-state index in [0.29, 0.717) is 0 Å². The molecule has 126 valence electrons. The molecule has 2 N–H and O–H groups in total. The molecule has 1 heterocycles. The van der Waals surface area contributed by atoms with Gasteiger partial charge < -0.3 is 10.6 Å². The lowest BCUT2D eigenvalue weighted by Crippen LogP contribution is -2.40. The maximum Gasteiger partial charge on any atom is 0.191 e. The number of benzene rings is 1. The first-order valence-corrected chi connectivity index (χ1v) is 9.12. The summed E-state index contributed by atoms with van der Waals surface area (Å²) in [4.78, 5) is 7.04. The van der Waals surface area contributed by atoms with Crippen LogP contribution in [0.2, 0.25) is 0 Å². The Bertz CT molecular complexity index is 520. The highest BCUT2D eigenvalue weighted by atomic mass is 15.2. The van der Waals surface area contributed by atoms with E-state index in [-0.39, 0.29) is 0 Å². The summed E-state index contributed by atoms with van der Waals surface area (Å²) in [5.74, 6) is 0.951. The lowest BCUT2D eigenvalue weighted by Gasteiger charge is -2.31. The SMILES string of the molecule is CN(Cc1ccccc1CNC1=NCCCN1)C1CCCCC1. The van der Waals surface area contributed by atoms with E-state index in [4.69, 9.17) is 0 Å². The average molecular weight is 314 g/mol. The van der Waals surface area contributed by atoms with Gasteiger partial charge in [-0.3, -0.25) is 9.89 Å². The van der Waals surface area contributed by atoms with Gasteiger partial charge in [-0.1, -0.05) is 43.5 Å². The fraction of sp³-hybridized carbons (Fsp3) is 0.632. The first-order valence-electron chi connectivity index (χ1n) is 9.12. The van der Waals surface area contributed by atoms with Crippen molar-refractivity contribution in [1.82, 2.24) is 15.5 Å². The van der Waals surface area contributed by atoms with E-state index >= 15 is 0 Å². The molecular weight excluding hydrogens is 284 g/mol. The smallest absolute Gasteiger partial charge is 0.191 e. The van der Waals surface area contributed by atoms with Crippen LogP contribution < -0.4 is 10.6 Å². The number of rotatable bonds is 5. The molecular formula is C19H30N4. The van der Waals surface area contributed by atoms with Gasteiger partial charge in [0.1, 0.15) is 0 Å². The summed E-state index contributed by atoms with van der Waals surface area (Å²) in [6, 6.07) is 9.56. The predicted octanol–water partition coefficient (Wildman–Crippen LogP) is 2.89. The van der Waals surface area contributed by atoms with Crippen LogP contribution in [0.25, 0.3) is 0 Å². The predicted molar refractivity (Wildman–Crippen MR) is 96.5 cm³/mol. The van der Waals surface area contributed by atoms with E-state index in [2.05, 4.69) is 51.8 Å². The molecule has 0 atom stereocenters. The van der Waals surface area contributed by atoms with E-state index in [1.807, 2.05) is 0 Å². The van der Waals surface area contributed by atoms with Gasteiger partial charge in [0.05, 0.1) is 0 Å². The van der Waals surface area contributed by atoms with Gasteiger partial charge >= 0.3 is 0 Å². The van der Waals surface area contributed by atoms with Gasteiger partial charge in [0.2, 0.25) is 0 Å². The summed E-state index contributed by atoms with van der Waals surface area (Å²) >= 11 is 0. The summed E-state index contributed by atoms with van der Waals surface area (Å²) in [5, 5.41) is 6.78. The van der Waals surface area contributed by atoms with E-state index in [1.165, 1.54) is 43.2 Å². The van der Waals surface area contributed by atoms with Crippen LogP contribution in [0.3, 0.4) is 0 Å². The minimum Gasteiger partial charge on any atom is -0.356 e. The highest BCUT2D eigenvalue weighted by Crippen LogP contribution is 2.23. The molecule has 1 aliphatic carbocycles. The topological polar surface area (TPSA) is 39.7 Å². The van der Waals surface area contributed by atoms with Crippen LogP contribution in [0, 0.1) is 0 Å². The van der Waals surface area contributed by atoms with Crippen molar-refractivity contribution in [2.24, 2.45) is 4.99 Å². The maximum atomic E-state index is 4.49. The quantitative estimate of drug-likeness (QED) is 0.878. The summed E-state index contributed by atoms with van der Waals surface area (Å²) in [5.41, 5.74) is 2.81. The first kappa shape index (κ1) is 16.3. The monoisotopic (exact) mass is 314 g/mol. The zero-order valence-electron chi connectivity index (χ0n) is 14.4. The highest BCUT2D eigenvalue weighted by molar-refractivity contribution is 5.80. The van der Waals surface area contributed by atoms with Crippen molar-refractivity contribution >= 4 is 5.96 Å². The number of nitrogens with zero attached hydrogens (tertiary/aromatic N) is 2. The molecule has 23 heavy (non-hydrogen) atoms. The molecule has 1 fully saturated rings. The number of guanidine groups is 1. The Morgan fingerprint density at radius 1 is 1.13 bits per heavy atom. The number of hydrogen-bond donors (Lipinski definition) is 2. The molecule has 0 unspecified atom stereocenters. The van der Waals surface area contributed by atoms with Crippen molar-refractivity contribution in [3.8, 4) is 0 Å². The number of aliphatic imine (C=N–C) groups is 1. The highest BCUT2D eigenvalue weighted by Gasteiger charge is 2.18. The Hall–Kier alpha value is -1.55.